The van der Waals surface area contributed by atoms with Crippen LogP contribution in [-0.4, -0.2) is 9.13 Å². The molecule has 2 aromatic heterocycles. The Balaban J connectivity index is 0.00000253. The van der Waals surface area contributed by atoms with Crippen LogP contribution in [0, 0.1) is 11.8 Å². The highest BCUT2D eigenvalue weighted by Crippen LogP contribution is 2.11. The number of benzene rings is 2. The molecular formula is C32H40Br2N4. The number of aryl methyl sites for hydroxylation is 2. The Hall–Kier alpha value is -2.62. The molecule has 0 atom stereocenters. The summed E-state index contributed by atoms with van der Waals surface area (Å²) in [5.74, 6) is 6.61. The van der Waals surface area contributed by atoms with Gasteiger partial charge < -0.3 is 34.0 Å². The molecule has 0 unspecified atom stereocenters. The van der Waals surface area contributed by atoms with Gasteiger partial charge >= 0.3 is 0 Å². The second-order valence-electron chi connectivity index (χ2n) is 9.58. The summed E-state index contributed by atoms with van der Waals surface area (Å²) in [4.78, 5) is 0. The van der Waals surface area contributed by atoms with E-state index in [0.717, 1.165) is 35.6 Å². The van der Waals surface area contributed by atoms with Gasteiger partial charge in [0.05, 0.1) is 13.1 Å². The summed E-state index contributed by atoms with van der Waals surface area (Å²) in [6, 6.07) is 16.9. The van der Waals surface area contributed by atoms with E-state index in [-0.39, 0.29) is 34.0 Å². The lowest BCUT2D eigenvalue weighted by Gasteiger charge is -1.98. The van der Waals surface area contributed by atoms with E-state index in [4.69, 9.17) is 0 Å². The van der Waals surface area contributed by atoms with Gasteiger partial charge in [-0.3, -0.25) is 0 Å². The molecule has 2 aromatic carbocycles. The van der Waals surface area contributed by atoms with Crippen LogP contribution in [0.4, 0.5) is 0 Å². The standard InChI is InChI=1S/C32H40N4.2BrH/c1-3-5-7-9-21-33-23-25-35(27-33)31-17-13-29(14-18-31)11-12-30-15-19-32(20-16-30)36-26-24-34(28-36)22-10-8-6-4-2;;/h13-20,23-28H,3-10,21-22H2,1-2H3;2*1H/q+2;;/p-2. The molecule has 0 aliphatic rings. The molecule has 0 spiro atoms. The number of unbranched alkanes of at least 4 members (excludes halogenated alkanes) is 6. The Kier molecular flexibility index (Phi) is 14.2. The second kappa shape index (κ2) is 17.1. The van der Waals surface area contributed by atoms with Crippen molar-refractivity contribution < 1.29 is 43.1 Å². The summed E-state index contributed by atoms with van der Waals surface area (Å²) < 4.78 is 8.89. The number of hydrogen-bond acceptors (Lipinski definition) is 0. The van der Waals surface area contributed by atoms with E-state index in [1.165, 1.54) is 51.4 Å². The Morgan fingerprint density at radius 2 is 0.947 bits per heavy atom. The number of nitrogens with zero attached hydrogens (tertiary/aromatic N) is 4. The van der Waals surface area contributed by atoms with Crippen molar-refractivity contribution in [1.29, 1.82) is 0 Å². The van der Waals surface area contributed by atoms with Crippen LogP contribution < -0.4 is 43.1 Å². The van der Waals surface area contributed by atoms with Gasteiger partial charge in [0.1, 0.15) is 36.2 Å². The van der Waals surface area contributed by atoms with E-state index in [2.05, 4.69) is 130 Å². The second-order valence-corrected chi connectivity index (χ2v) is 9.58. The summed E-state index contributed by atoms with van der Waals surface area (Å²) in [6.07, 6.45) is 23.2. The van der Waals surface area contributed by atoms with Crippen molar-refractivity contribution in [1.82, 2.24) is 9.13 Å². The molecule has 4 nitrogen and oxygen atoms in total. The Bertz CT molecular complexity index is 1160. The summed E-state index contributed by atoms with van der Waals surface area (Å²) in [5, 5.41) is 0. The molecule has 0 amide bonds. The van der Waals surface area contributed by atoms with Crippen LogP contribution in [0.1, 0.15) is 76.3 Å². The zero-order valence-corrected chi connectivity index (χ0v) is 25.9. The highest BCUT2D eigenvalue weighted by molar-refractivity contribution is 5.47. The van der Waals surface area contributed by atoms with Crippen LogP contribution in [0.25, 0.3) is 11.4 Å². The average molecular weight is 641 g/mol. The largest absolute Gasteiger partial charge is 1.00 e. The fourth-order valence-corrected chi connectivity index (χ4v) is 4.38. The van der Waals surface area contributed by atoms with E-state index in [1.807, 2.05) is 0 Å². The Labute approximate surface area is 249 Å². The van der Waals surface area contributed by atoms with Crippen LogP contribution >= 0.6 is 0 Å². The van der Waals surface area contributed by atoms with Crippen LogP contribution in [0.3, 0.4) is 0 Å². The van der Waals surface area contributed by atoms with E-state index in [9.17, 15) is 0 Å². The van der Waals surface area contributed by atoms with Crippen LogP contribution in [0.15, 0.2) is 86.0 Å². The predicted molar refractivity (Wildman–Crippen MR) is 146 cm³/mol. The van der Waals surface area contributed by atoms with Crippen molar-refractivity contribution in [2.75, 3.05) is 0 Å². The minimum absolute atomic E-state index is 0. The number of rotatable bonds is 12. The minimum Gasteiger partial charge on any atom is -1.00 e. The van der Waals surface area contributed by atoms with Gasteiger partial charge in [-0.25, -0.2) is 18.3 Å². The van der Waals surface area contributed by atoms with Gasteiger partial charge in [0.2, 0.25) is 12.7 Å². The third-order valence-corrected chi connectivity index (χ3v) is 6.60. The molecule has 38 heavy (non-hydrogen) atoms. The highest BCUT2D eigenvalue weighted by atomic mass is 79.9. The van der Waals surface area contributed by atoms with Gasteiger partial charge in [0.15, 0.2) is 0 Å². The summed E-state index contributed by atoms with van der Waals surface area (Å²) in [6.45, 7) is 6.67. The van der Waals surface area contributed by atoms with Crippen molar-refractivity contribution in [2.24, 2.45) is 0 Å². The van der Waals surface area contributed by atoms with Gasteiger partial charge in [0.25, 0.3) is 0 Å². The topological polar surface area (TPSA) is 17.6 Å². The van der Waals surface area contributed by atoms with Crippen molar-refractivity contribution in [3.8, 4) is 23.2 Å². The third kappa shape index (κ3) is 9.60. The molecule has 0 radical (unpaired) electrons. The maximum Gasteiger partial charge on any atom is 0.248 e. The van der Waals surface area contributed by atoms with Gasteiger partial charge in [-0.05, 0) is 74.2 Å². The number of hydrogen-bond donors (Lipinski definition) is 0. The molecule has 0 saturated heterocycles. The van der Waals surface area contributed by atoms with E-state index in [1.54, 1.807) is 0 Å². The first-order valence-corrected chi connectivity index (χ1v) is 13.6. The van der Waals surface area contributed by atoms with Crippen molar-refractivity contribution in [3.63, 3.8) is 0 Å². The molecule has 6 heteroatoms. The molecule has 0 aliphatic carbocycles. The predicted octanol–water partition coefficient (Wildman–Crippen LogP) is 0.411. The number of halogens is 2. The van der Waals surface area contributed by atoms with E-state index in [0.29, 0.717) is 0 Å². The normalized spacial score (nSPS) is 10.3. The molecule has 0 fully saturated rings. The van der Waals surface area contributed by atoms with Crippen LogP contribution in [-0.2, 0) is 13.1 Å². The fourth-order valence-electron chi connectivity index (χ4n) is 4.38. The lowest BCUT2D eigenvalue weighted by Crippen LogP contribution is -3.00. The van der Waals surface area contributed by atoms with Crippen molar-refractivity contribution in [2.45, 2.75) is 78.3 Å². The first-order chi connectivity index (χ1) is 17.7. The maximum atomic E-state index is 3.31. The first kappa shape index (κ1) is 31.6. The Morgan fingerprint density at radius 3 is 1.32 bits per heavy atom. The quantitative estimate of drug-likeness (QED) is 0.122. The molecule has 0 N–H and O–H groups in total. The van der Waals surface area contributed by atoms with Crippen LogP contribution in [0.5, 0.6) is 0 Å². The lowest BCUT2D eigenvalue weighted by atomic mass is 10.1. The molecule has 4 rings (SSSR count). The lowest BCUT2D eigenvalue weighted by molar-refractivity contribution is -0.696. The minimum atomic E-state index is 0. The molecule has 2 heterocycles. The van der Waals surface area contributed by atoms with Gasteiger partial charge in [-0.15, -0.1) is 0 Å². The molecule has 0 saturated carbocycles. The van der Waals surface area contributed by atoms with Crippen LogP contribution in [0.2, 0.25) is 0 Å². The molecular weight excluding hydrogens is 600 g/mol. The average Bonchev–Trinajstić information content (AvgIpc) is 3.59. The first-order valence-electron chi connectivity index (χ1n) is 13.6. The summed E-state index contributed by atoms with van der Waals surface area (Å²) in [7, 11) is 0. The van der Waals surface area contributed by atoms with E-state index >= 15 is 0 Å². The molecule has 202 valence electrons. The van der Waals surface area contributed by atoms with E-state index < -0.39 is 0 Å². The third-order valence-electron chi connectivity index (χ3n) is 6.60. The number of imidazole rings is 2. The smallest absolute Gasteiger partial charge is 0.248 e. The molecule has 0 aliphatic heterocycles. The SMILES string of the molecule is CCCCCC[n+]1ccn(-c2ccc(C#Cc3ccc(-n4cc[n+](CCCCCC)c4)cc3)cc2)c1.[Br-].[Br-]. The number of aromatic nitrogens is 4. The summed E-state index contributed by atoms with van der Waals surface area (Å²) >= 11 is 0. The zero-order valence-electron chi connectivity index (χ0n) is 22.7. The summed E-state index contributed by atoms with van der Waals surface area (Å²) in [5.41, 5.74) is 4.37. The monoisotopic (exact) mass is 638 g/mol. The molecule has 4 aromatic rings. The zero-order chi connectivity index (χ0) is 25.0. The van der Waals surface area contributed by atoms with Gasteiger partial charge in [0, 0.05) is 11.1 Å². The highest BCUT2D eigenvalue weighted by Gasteiger charge is 2.07. The fraction of sp³-hybridized carbons (Fsp3) is 0.375. The van der Waals surface area contributed by atoms with Gasteiger partial charge in [-0.2, -0.15) is 0 Å². The van der Waals surface area contributed by atoms with Gasteiger partial charge in [-0.1, -0.05) is 51.4 Å². The maximum absolute atomic E-state index is 3.31. The Morgan fingerprint density at radius 1 is 0.553 bits per heavy atom. The van der Waals surface area contributed by atoms with Crippen molar-refractivity contribution >= 4 is 0 Å². The van der Waals surface area contributed by atoms with Crippen molar-refractivity contribution in [3.05, 3.63) is 97.1 Å². The molecule has 0 bridgehead atoms.